The van der Waals surface area contributed by atoms with Crippen molar-refractivity contribution in [2.24, 2.45) is 0 Å². The number of nitrogens with zero attached hydrogens (tertiary/aromatic N) is 1. The first-order valence-electron chi connectivity index (χ1n) is 4.66. The van der Waals surface area contributed by atoms with Crippen molar-refractivity contribution in [1.82, 2.24) is 4.98 Å². The highest BCUT2D eigenvalue weighted by molar-refractivity contribution is 6.17. The van der Waals surface area contributed by atoms with Crippen LogP contribution in [0.1, 0.15) is 23.2 Å². The molecule has 0 saturated heterocycles. The number of hydrogen-bond donors (Lipinski definition) is 0. The minimum absolute atomic E-state index is 0.308. The van der Waals surface area contributed by atoms with Gasteiger partial charge in [-0.1, -0.05) is 0 Å². The third kappa shape index (κ3) is 3.84. The molecule has 20 heavy (non-hydrogen) atoms. The van der Waals surface area contributed by atoms with Crippen molar-refractivity contribution in [2.45, 2.75) is 24.8 Å². The molecule has 0 radical (unpaired) electrons. The molecule has 0 aliphatic carbocycles. The number of rotatable bonds is 3. The van der Waals surface area contributed by atoms with Crippen molar-refractivity contribution in [1.29, 1.82) is 0 Å². The van der Waals surface area contributed by atoms with Gasteiger partial charge in [0.05, 0.1) is 11.4 Å². The van der Waals surface area contributed by atoms with Crippen LogP contribution in [0.15, 0.2) is 6.20 Å². The highest BCUT2D eigenvalue weighted by Crippen LogP contribution is 2.43. The van der Waals surface area contributed by atoms with Crippen LogP contribution in [0.4, 0.5) is 35.1 Å². The molecule has 0 fully saturated rings. The first-order valence-corrected chi connectivity index (χ1v) is 5.19. The van der Waals surface area contributed by atoms with Crippen LogP contribution in [-0.4, -0.2) is 11.3 Å². The first kappa shape index (κ1) is 16.7. The molecule has 0 aliphatic heterocycles. The molecule has 11 heteroatoms. The summed E-state index contributed by atoms with van der Waals surface area (Å²) in [6.45, 7) is 0. The normalized spacial score (nSPS) is 12.9. The van der Waals surface area contributed by atoms with Gasteiger partial charge in [0.2, 0.25) is 0 Å². The maximum Gasteiger partial charge on any atom is 0.573 e. The molecule has 0 unspecified atom stereocenters. The van der Waals surface area contributed by atoms with Crippen molar-refractivity contribution in [3.05, 3.63) is 23.0 Å². The van der Waals surface area contributed by atoms with Gasteiger partial charge in [-0.3, -0.25) is 4.98 Å². The van der Waals surface area contributed by atoms with Gasteiger partial charge in [-0.25, -0.2) is 8.78 Å². The zero-order chi connectivity index (χ0) is 15.7. The van der Waals surface area contributed by atoms with Gasteiger partial charge in [-0.05, 0) is 0 Å². The second-order valence-corrected chi connectivity index (χ2v) is 3.62. The van der Waals surface area contributed by atoms with E-state index in [4.69, 9.17) is 11.6 Å². The Labute approximate surface area is 111 Å². The Morgan fingerprint density at radius 1 is 1.15 bits per heavy atom. The summed E-state index contributed by atoms with van der Waals surface area (Å²) in [7, 11) is 0. The van der Waals surface area contributed by atoms with Crippen LogP contribution in [0.5, 0.6) is 5.75 Å². The number of pyridine rings is 1. The van der Waals surface area contributed by atoms with Gasteiger partial charge < -0.3 is 4.74 Å². The van der Waals surface area contributed by atoms with E-state index in [1.807, 2.05) is 0 Å². The van der Waals surface area contributed by atoms with Crippen molar-refractivity contribution in [3.8, 4) is 5.75 Å². The lowest BCUT2D eigenvalue weighted by molar-refractivity contribution is -0.275. The number of aromatic nitrogens is 1. The molecule has 114 valence electrons. The average Bonchev–Trinajstić information content (AvgIpc) is 2.24. The molecular weight excluding hydrogens is 326 g/mol. The van der Waals surface area contributed by atoms with Crippen molar-refractivity contribution < 1.29 is 39.9 Å². The van der Waals surface area contributed by atoms with Crippen LogP contribution in [-0.2, 0) is 12.1 Å². The lowest BCUT2D eigenvalue weighted by atomic mass is 10.1. The summed E-state index contributed by atoms with van der Waals surface area (Å²) < 4.78 is 102. The highest BCUT2D eigenvalue weighted by Gasteiger charge is 2.43. The summed E-state index contributed by atoms with van der Waals surface area (Å²) in [6, 6.07) is 0. The van der Waals surface area contributed by atoms with E-state index >= 15 is 0 Å². The smallest absolute Gasteiger partial charge is 0.405 e. The van der Waals surface area contributed by atoms with Crippen LogP contribution in [0.25, 0.3) is 0 Å². The van der Waals surface area contributed by atoms with E-state index in [1.54, 1.807) is 0 Å². The number of ether oxygens (including phenoxy) is 1. The van der Waals surface area contributed by atoms with Crippen LogP contribution >= 0.6 is 11.6 Å². The van der Waals surface area contributed by atoms with E-state index in [9.17, 15) is 35.1 Å². The summed E-state index contributed by atoms with van der Waals surface area (Å²) in [5, 5.41) is 0. The van der Waals surface area contributed by atoms with Crippen LogP contribution in [0.3, 0.4) is 0 Å². The maximum absolute atomic E-state index is 12.7. The van der Waals surface area contributed by atoms with Gasteiger partial charge >= 0.3 is 12.5 Å². The summed E-state index contributed by atoms with van der Waals surface area (Å²) in [4.78, 5) is 2.70. The minimum Gasteiger partial charge on any atom is -0.405 e. The zero-order valence-electron chi connectivity index (χ0n) is 9.12. The van der Waals surface area contributed by atoms with Gasteiger partial charge in [0, 0.05) is 11.8 Å². The Bertz CT molecular complexity index is 484. The second-order valence-electron chi connectivity index (χ2n) is 3.35. The summed E-state index contributed by atoms with van der Waals surface area (Å²) in [5.41, 5.74) is -4.87. The predicted octanol–water partition coefficient (Wildman–Crippen LogP) is 4.68. The molecule has 0 N–H and O–H groups in total. The minimum atomic E-state index is -5.45. The van der Waals surface area contributed by atoms with E-state index in [-0.39, 0.29) is 0 Å². The highest BCUT2D eigenvalue weighted by atomic mass is 35.5. The zero-order valence-corrected chi connectivity index (χ0v) is 9.87. The standard InChI is InChI=1S/C9H4ClF8NO/c10-1-3-2-19-6(8(13,14)15)4(7(11)12)5(3)20-9(16,17)18/h2,7H,1H2. The molecule has 0 aromatic carbocycles. The molecule has 0 saturated carbocycles. The van der Waals surface area contributed by atoms with Crippen LogP contribution in [0.2, 0.25) is 0 Å². The molecule has 0 bridgehead atoms. The van der Waals surface area contributed by atoms with Gasteiger partial charge in [-0.2, -0.15) is 13.2 Å². The van der Waals surface area contributed by atoms with E-state index in [0.717, 1.165) is 0 Å². The van der Waals surface area contributed by atoms with E-state index in [1.165, 1.54) is 0 Å². The number of hydrogen-bond acceptors (Lipinski definition) is 2. The predicted molar refractivity (Wildman–Crippen MR) is 50.4 cm³/mol. The summed E-state index contributed by atoms with van der Waals surface area (Å²) in [5.74, 6) is -2.46. The molecular formula is C9H4ClF8NO. The molecule has 2 nitrogen and oxygen atoms in total. The molecule has 1 aromatic heterocycles. The summed E-state index contributed by atoms with van der Waals surface area (Å²) >= 11 is 5.19. The SMILES string of the molecule is FC(F)c1c(C(F)(F)F)ncc(CCl)c1OC(F)(F)F. The molecule has 1 aromatic rings. The van der Waals surface area contributed by atoms with E-state index in [2.05, 4.69) is 9.72 Å². The molecule has 1 heterocycles. The Balaban J connectivity index is 3.58. The number of alkyl halides is 9. The quantitative estimate of drug-likeness (QED) is 0.593. The van der Waals surface area contributed by atoms with Crippen LogP contribution < -0.4 is 4.74 Å². The van der Waals surface area contributed by atoms with Gasteiger partial charge in [-0.15, -0.1) is 24.8 Å². The van der Waals surface area contributed by atoms with Crippen molar-refractivity contribution in [2.75, 3.05) is 0 Å². The summed E-state index contributed by atoms with van der Waals surface area (Å²) in [6.07, 6.45) is -14.4. The molecule has 0 atom stereocenters. The molecule has 0 amide bonds. The molecule has 0 spiro atoms. The Hall–Kier alpha value is -1.32. The Morgan fingerprint density at radius 3 is 2.05 bits per heavy atom. The lowest BCUT2D eigenvalue weighted by Crippen LogP contribution is -2.22. The topological polar surface area (TPSA) is 22.1 Å². The van der Waals surface area contributed by atoms with Crippen LogP contribution in [0, 0.1) is 0 Å². The fraction of sp³-hybridized carbons (Fsp3) is 0.444. The van der Waals surface area contributed by atoms with Gasteiger partial charge in [0.15, 0.2) is 5.69 Å². The van der Waals surface area contributed by atoms with Crippen molar-refractivity contribution >= 4 is 11.6 Å². The lowest BCUT2D eigenvalue weighted by Gasteiger charge is -2.19. The van der Waals surface area contributed by atoms with Gasteiger partial charge in [0.25, 0.3) is 6.43 Å². The monoisotopic (exact) mass is 329 g/mol. The average molecular weight is 330 g/mol. The van der Waals surface area contributed by atoms with Gasteiger partial charge in [0.1, 0.15) is 5.75 Å². The first-order chi connectivity index (χ1) is 8.97. The Kier molecular flexibility index (Phi) is 4.67. The van der Waals surface area contributed by atoms with Crippen molar-refractivity contribution in [3.63, 3.8) is 0 Å². The number of halogens is 9. The fourth-order valence-corrected chi connectivity index (χ4v) is 1.50. The maximum atomic E-state index is 12.7. The van der Waals surface area contributed by atoms with E-state index in [0.29, 0.717) is 6.20 Å². The largest absolute Gasteiger partial charge is 0.573 e. The third-order valence-electron chi connectivity index (χ3n) is 1.99. The molecule has 0 aliphatic rings. The fourth-order valence-electron chi connectivity index (χ4n) is 1.31. The molecule has 1 rings (SSSR count). The second kappa shape index (κ2) is 5.58. The Morgan fingerprint density at radius 2 is 1.70 bits per heavy atom. The third-order valence-corrected chi connectivity index (χ3v) is 2.28. The van der Waals surface area contributed by atoms with E-state index < -0.39 is 47.4 Å².